The zero-order valence-corrected chi connectivity index (χ0v) is 10.2. The van der Waals surface area contributed by atoms with Crippen LogP contribution in [0, 0.1) is 0 Å². The Balaban J connectivity index is 2.39. The molecule has 2 nitrogen and oxygen atoms in total. The zero-order chi connectivity index (χ0) is 10.4. The molecule has 0 aliphatic carbocycles. The van der Waals surface area contributed by atoms with Crippen LogP contribution in [0.1, 0.15) is 31.8 Å². The predicted octanol–water partition coefficient (Wildman–Crippen LogP) is 2.67. The molecule has 0 radical (unpaired) electrons. The summed E-state index contributed by atoms with van der Waals surface area (Å²) in [6, 6.07) is 0. The monoisotopic (exact) mass is 212 g/mol. The van der Waals surface area contributed by atoms with Crippen molar-refractivity contribution in [3.63, 3.8) is 0 Å². The van der Waals surface area contributed by atoms with E-state index in [2.05, 4.69) is 30.4 Å². The normalized spacial score (nSPS) is 10.8. The molecule has 0 aliphatic rings. The molecule has 0 unspecified atom stereocenters. The molecule has 0 saturated heterocycles. The van der Waals surface area contributed by atoms with Crippen LogP contribution in [0.5, 0.6) is 0 Å². The van der Waals surface area contributed by atoms with E-state index in [0.717, 1.165) is 12.8 Å². The van der Waals surface area contributed by atoms with Crippen molar-refractivity contribution in [2.24, 2.45) is 7.05 Å². The molecule has 80 valence electrons. The van der Waals surface area contributed by atoms with Crippen molar-refractivity contribution in [3.05, 3.63) is 17.7 Å². The predicted molar refractivity (Wildman–Crippen MR) is 63.9 cm³/mol. The van der Waals surface area contributed by atoms with E-state index in [0.29, 0.717) is 0 Å². The van der Waals surface area contributed by atoms with Crippen molar-refractivity contribution in [2.45, 2.75) is 33.1 Å². The second-order valence-electron chi connectivity index (χ2n) is 3.44. The highest BCUT2D eigenvalue weighted by Crippen LogP contribution is 2.09. The maximum Gasteiger partial charge on any atom is 0.109 e. The van der Waals surface area contributed by atoms with Gasteiger partial charge in [-0.2, -0.15) is 11.8 Å². The Hall–Kier alpha value is -0.440. The molecule has 0 aromatic carbocycles. The van der Waals surface area contributed by atoms with Gasteiger partial charge in [-0.3, -0.25) is 0 Å². The summed E-state index contributed by atoms with van der Waals surface area (Å²) in [5.41, 5.74) is 1.33. The van der Waals surface area contributed by atoms with Crippen LogP contribution < -0.4 is 0 Å². The Bertz CT molecular complexity index is 268. The molecule has 0 bridgehead atoms. The van der Waals surface area contributed by atoms with Crippen LogP contribution in [-0.4, -0.2) is 21.1 Å². The largest absolute Gasteiger partial charge is 0.335 e. The van der Waals surface area contributed by atoms with Gasteiger partial charge in [0.15, 0.2) is 0 Å². The van der Waals surface area contributed by atoms with E-state index in [9.17, 15) is 0 Å². The molecule has 0 atom stereocenters. The Morgan fingerprint density at radius 3 is 2.71 bits per heavy atom. The molecule has 0 saturated carbocycles. The van der Waals surface area contributed by atoms with E-state index >= 15 is 0 Å². The number of hydrogen-bond donors (Lipinski definition) is 0. The fourth-order valence-corrected chi connectivity index (χ4v) is 2.28. The van der Waals surface area contributed by atoms with Gasteiger partial charge in [0.2, 0.25) is 0 Å². The van der Waals surface area contributed by atoms with Crippen LogP contribution in [0.25, 0.3) is 0 Å². The number of nitrogens with zero attached hydrogens (tertiary/aromatic N) is 2. The van der Waals surface area contributed by atoms with E-state index < -0.39 is 0 Å². The Morgan fingerprint density at radius 1 is 1.36 bits per heavy atom. The average molecular weight is 212 g/mol. The summed E-state index contributed by atoms with van der Waals surface area (Å²) >= 11 is 2.02. The summed E-state index contributed by atoms with van der Waals surface area (Å²) in [5, 5.41) is 0. The van der Waals surface area contributed by atoms with Gasteiger partial charge in [0.1, 0.15) is 5.82 Å². The van der Waals surface area contributed by atoms with Gasteiger partial charge in [-0.25, -0.2) is 4.98 Å². The minimum atomic E-state index is 1.08. The number of aromatic nitrogens is 2. The van der Waals surface area contributed by atoms with Gasteiger partial charge >= 0.3 is 0 Å². The molecular weight excluding hydrogens is 192 g/mol. The molecule has 0 aliphatic heterocycles. The summed E-state index contributed by atoms with van der Waals surface area (Å²) in [6.45, 7) is 4.40. The highest BCUT2D eigenvalue weighted by Gasteiger charge is 2.03. The first-order chi connectivity index (χ1) is 6.79. The maximum atomic E-state index is 4.43. The summed E-state index contributed by atoms with van der Waals surface area (Å²) in [5.74, 6) is 3.69. The topological polar surface area (TPSA) is 17.8 Å². The van der Waals surface area contributed by atoms with E-state index in [1.54, 1.807) is 0 Å². The van der Waals surface area contributed by atoms with Crippen molar-refractivity contribution in [3.8, 4) is 0 Å². The highest BCUT2D eigenvalue weighted by molar-refractivity contribution is 7.99. The number of aryl methyl sites for hydroxylation is 2. The van der Waals surface area contributed by atoms with Gasteiger partial charge in [0.25, 0.3) is 0 Å². The number of rotatable bonds is 6. The average Bonchev–Trinajstić information content (AvgIpc) is 2.55. The zero-order valence-electron chi connectivity index (χ0n) is 9.42. The van der Waals surface area contributed by atoms with Crippen molar-refractivity contribution in [2.75, 3.05) is 11.5 Å². The van der Waals surface area contributed by atoms with Gasteiger partial charge in [-0.1, -0.05) is 13.8 Å². The first kappa shape index (κ1) is 11.6. The smallest absolute Gasteiger partial charge is 0.109 e. The van der Waals surface area contributed by atoms with Gasteiger partial charge in [0.05, 0.1) is 0 Å². The summed E-state index contributed by atoms with van der Waals surface area (Å²) < 4.78 is 2.23. The lowest BCUT2D eigenvalue weighted by Crippen LogP contribution is -2.02. The SMILES string of the molecule is CCCSCCc1ncc(CC)n1C. The maximum absolute atomic E-state index is 4.43. The van der Waals surface area contributed by atoms with Crippen molar-refractivity contribution in [1.82, 2.24) is 9.55 Å². The lowest BCUT2D eigenvalue weighted by molar-refractivity contribution is 0.767. The number of imidazole rings is 1. The van der Waals surface area contributed by atoms with Gasteiger partial charge in [-0.15, -0.1) is 0 Å². The highest BCUT2D eigenvalue weighted by atomic mass is 32.2. The van der Waals surface area contributed by atoms with Crippen molar-refractivity contribution >= 4 is 11.8 Å². The molecular formula is C11H20N2S. The van der Waals surface area contributed by atoms with E-state index in [1.165, 1.54) is 29.4 Å². The molecule has 14 heavy (non-hydrogen) atoms. The Labute approximate surface area is 91.1 Å². The lowest BCUT2D eigenvalue weighted by atomic mass is 10.4. The molecule has 1 aromatic heterocycles. The molecule has 1 aromatic rings. The van der Waals surface area contributed by atoms with Gasteiger partial charge < -0.3 is 4.57 Å². The molecule has 1 rings (SSSR count). The molecule has 0 amide bonds. The minimum Gasteiger partial charge on any atom is -0.335 e. The third kappa shape index (κ3) is 3.05. The van der Waals surface area contributed by atoms with Crippen LogP contribution in [-0.2, 0) is 19.9 Å². The fraction of sp³-hybridized carbons (Fsp3) is 0.727. The molecule has 0 N–H and O–H groups in total. The summed E-state index contributed by atoms with van der Waals surface area (Å²) in [6.07, 6.45) is 5.44. The van der Waals surface area contributed by atoms with Gasteiger partial charge in [0, 0.05) is 31.1 Å². The summed E-state index contributed by atoms with van der Waals surface area (Å²) in [4.78, 5) is 4.43. The third-order valence-electron chi connectivity index (χ3n) is 2.36. The fourth-order valence-electron chi connectivity index (χ4n) is 1.46. The third-order valence-corrected chi connectivity index (χ3v) is 3.55. The van der Waals surface area contributed by atoms with E-state index in [4.69, 9.17) is 0 Å². The van der Waals surface area contributed by atoms with E-state index in [-0.39, 0.29) is 0 Å². The van der Waals surface area contributed by atoms with Crippen molar-refractivity contribution in [1.29, 1.82) is 0 Å². The second kappa shape index (κ2) is 6.12. The summed E-state index contributed by atoms with van der Waals surface area (Å²) in [7, 11) is 2.12. The van der Waals surface area contributed by atoms with Gasteiger partial charge in [-0.05, 0) is 18.6 Å². The Kier molecular flexibility index (Phi) is 5.09. The van der Waals surface area contributed by atoms with Crippen molar-refractivity contribution < 1.29 is 0 Å². The number of hydrogen-bond acceptors (Lipinski definition) is 2. The second-order valence-corrected chi connectivity index (χ2v) is 4.67. The number of thioether (sulfide) groups is 1. The van der Waals surface area contributed by atoms with Crippen LogP contribution >= 0.6 is 11.8 Å². The van der Waals surface area contributed by atoms with Crippen LogP contribution in [0.4, 0.5) is 0 Å². The lowest BCUT2D eigenvalue weighted by Gasteiger charge is -2.03. The van der Waals surface area contributed by atoms with Crippen LogP contribution in [0.2, 0.25) is 0 Å². The van der Waals surface area contributed by atoms with Crippen LogP contribution in [0.15, 0.2) is 6.20 Å². The van der Waals surface area contributed by atoms with E-state index in [1.807, 2.05) is 18.0 Å². The molecule has 3 heteroatoms. The standard InChI is InChI=1S/C11H20N2S/c1-4-7-14-8-6-11-12-9-10(5-2)13(11)3/h9H,4-8H2,1-3H3. The quantitative estimate of drug-likeness (QED) is 0.675. The molecule has 0 spiro atoms. The molecule has 1 heterocycles. The first-order valence-electron chi connectivity index (χ1n) is 5.36. The van der Waals surface area contributed by atoms with Crippen LogP contribution in [0.3, 0.4) is 0 Å². The minimum absolute atomic E-state index is 1.08. The Morgan fingerprint density at radius 2 is 2.14 bits per heavy atom. The first-order valence-corrected chi connectivity index (χ1v) is 6.52. The molecule has 0 fully saturated rings.